The number of phenolic OH excluding ortho intramolecular Hbond substituents is 1. The van der Waals surface area contributed by atoms with Gasteiger partial charge in [-0.15, -0.1) is 0 Å². The van der Waals surface area contributed by atoms with Gasteiger partial charge in [0, 0.05) is 0 Å². The van der Waals surface area contributed by atoms with E-state index in [1.165, 1.54) is 0 Å². The van der Waals surface area contributed by atoms with Crippen molar-refractivity contribution in [2.24, 2.45) is 0 Å². The molecule has 1 N–H and O–H groups in total. The molecule has 4 heteroatoms. The first kappa shape index (κ1) is 13.4. The fourth-order valence-electron chi connectivity index (χ4n) is 2.17. The standard InChI is InChI=1S/C14H21BO3/c1-6-10-11(8-7-9-12(10)16)15-17-13(2,3)14(4,5)18-15/h7-9,16H,6H2,1-5H3. The maximum absolute atomic E-state index is 9.90. The van der Waals surface area contributed by atoms with Crippen molar-refractivity contribution < 1.29 is 14.4 Å². The van der Waals surface area contributed by atoms with Crippen LogP contribution in [0.5, 0.6) is 5.75 Å². The smallest absolute Gasteiger partial charge is 0.495 e. The minimum atomic E-state index is -0.406. The lowest BCUT2D eigenvalue weighted by atomic mass is 9.75. The number of hydrogen-bond acceptors (Lipinski definition) is 3. The van der Waals surface area contributed by atoms with E-state index in [1.54, 1.807) is 6.07 Å². The lowest BCUT2D eigenvalue weighted by Gasteiger charge is -2.32. The van der Waals surface area contributed by atoms with Crippen molar-refractivity contribution in [2.45, 2.75) is 52.2 Å². The minimum Gasteiger partial charge on any atom is -0.508 e. The Labute approximate surface area is 109 Å². The lowest BCUT2D eigenvalue weighted by Crippen LogP contribution is -2.41. The molecule has 1 aliphatic heterocycles. The van der Waals surface area contributed by atoms with Gasteiger partial charge in [-0.2, -0.15) is 0 Å². The zero-order valence-corrected chi connectivity index (χ0v) is 11.8. The number of aromatic hydroxyl groups is 1. The molecule has 0 aliphatic carbocycles. The van der Waals surface area contributed by atoms with E-state index in [1.807, 2.05) is 46.8 Å². The third-order valence-electron chi connectivity index (χ3n) is 4.05. The summed E-state index contributed by atoms with van der Waals surface area (Å²) in [4.78, 5) is 0. The Morgan fingerprint density at radius 3 is 2.17 bits per heavy atom. The van der Waals surface area contributed by atoms with Gasteiger partial charge in [-0.05, 0) is 51.2 Å². The van der Waals surface area contributed by atoms with Gasteiger partial charge in [0.15, 0.2) is 0 Å². The van der Waals surface area contributed by atoms with Crippen molar-refractivity contribution in [3.63, 3.8) is 0 Å². The number of phenols is 1. The van der Waals surface area contributed by atoms with E-state index >= 15 is 0 Å². The van der Waals surface area contributed by atoms with Crippen molar-refractivity contribution in [2.75, 3.05) is 0 Å². The first-order valence-electron chi connectivity index (χ1n) is 6.45. The van der Waals surface area contributed by atoms with Gasteiger partial charge in [-0.1, -0.05) is 19.1 Å². The third-order valence-corrected chi connectivity index (χ3v) is 4.05. The summed E-state index contributed by atoms with van der Waals surface area (Å²) >= 11 is 0. The van der Waals surface area contributed by atoms with Crippen molar-refractivity contribution in [1.29, 1.82) is 0 Å². The van der Waals surface area contributed by atoms with E-state index in [-0.39, 0.29) is 11.2 Å². The van der Waals surface area contributed by atoms with E-state index in [0.717, 1.165) is 17.4 Å². The first-order valence-corrected chi connectivity index (χ1v) is 6.45. The Kier molecular flexibility index (Phi) is 3.20. The molecule has 1 aromatic carbocycles. The summed E-state index contributed by atoms with van der Waals surface area (Å²) in [6, 6.07) is 5.49. The van der Waals surface area contributed by atoms with Gasteiger partial charge in [0.05, 0.1) is 11.2 Å². The summed E-state index contributed by atoms with van der Waals surface area (Å²) in [5.41, 5.74) is 1.12. The Morgan fingerprint density at radius 2 is 1.67 bits per heavy atom. The highest BCUT2D eigenvalue weighted by molar-refractivity contribution is 6.62. The van der Waals surface area contributed by atoms with Crippen molar-refractivity contribution in [1.82, 2.24) is 0 Å². The SMILES string of the molecule is CCc1c(O)cccc1B1OC(C)(C)C(C)(C)O1. The molecule has 1 heterocycles. The topological polar surface area (TPSA) is 38.7 Å². The lowest BCUT2D eigenvalue weighted by molar-refractivity contribution is 0.00578. The van der Waals surface area contributed by atoms with Crippen LogP contribution in [0.25, 0.3) is 0 Å². The van der Waals surface area contributed by atoms with Crippen LogP contribution in [-0.2, 0) is 15.7 Å². The molecule has 0 unspecified atom stereocenters. The van der Waals surface area contributed by atoms with Crippen LogP contribution in [-0.4, -0.2) is 23.4 Å². The molecule has 0 radical (unpaired) electrons. The van der Waals surface area contributed by atoms with Crippen molar-refractivity contribution >= 4 is 12.6 Å². The number of rotatable bonds is 2. The molecule has 98 valence electrons. The van der Waals surface area contributed by atoms with Crippen LogP contribution in [0.4, 0.5) is 0 Å². The molecule has 1 aliphatic rings. The maximum Gasteiger partial charge on any atom is 0.495 e. The summed E-state index contributed by atoms with van der Waals surface area (Å²) in [6.07, 6.45) is 0.756. The Bertz CT molecular complexity index is 438. The molecular weight excluding hydrogens is 227 g/mol. The van der Waals surface area contributed by atoms with Gasteiger partial charge in [-0.25, -0.2) is 0 Å². The van der Waals surface area contributed by atoms with Crippen LogP contribution in [0, 0.1) is 0 Å². The highest BCUT2D eigenvalue weighted by atomic mass is 16.7. The van der Waals surface area contributed by atoms with Gasteiger partial charge in [0.1, 0.15) is 5.75 Å². The molecular formula is C14H21BO3. The average molecular weight is 248 g/mol. The van der Waals surface area contributed by atoms with Crippen molar-refractivity contribution in [3.8, 4) is 5.75 Å². The predicted octanol–water partition coefficient (Wildman–Crippen LogP) is 2.25. The summed E-state index contributed by atoms with van der Waals surface area (Å²) in [5, 5.41) is 9.90. The summed E-state index contributed by atoms with van der Waals surface area (Å²) in [6.45, 7) is 10.1. The fourth-order valence-corrected chi connectivity index (χ4v) is 2.17. The van der Waals surface area contributed by atoms with Crippen LogP contribution in [0.2, 0.25) is 0 Å². The van der Waals surface area contributed by atoms with Crippen LogP contribution in [0.15, 0.2) is 18.2 Å². The van der Waals surface area contributed by atoms with E-state index in [4.69, 9.17) is 9.31 Å². The molecule has 1 saturated heterocycles. The molecule has 0 bridgehead atoms. The monoisotopic (exact) mass is 248 g/mol. The highest BCUT2D eigenvalue weighted by Gasteiger charge is 2.52. The second kappa shape index (κ2) is 4.28. The second-order valence-corrected chi connectivity index (χ2v) is 5.79. The second-order valence-electron chi connectivity index (χ2n) is 5.79. The molecule has 18 heavy (non-hydrogen) atoms. The van der Waals surface area contributed by atoms with E-state index in [2.05, 4.69) is 0 Å². The Morgan fingerprint density at radius 1 is 1.11 bits per heavy atom. The van der Waals surface area contributed by atoms with Gasteiger partial charge >= 0.3 is 7.12 Å². The molecule has 1 fully saturated rings. The third kappa shape index (κ3) is 2.04. The van der Waals surface area contributed by atoms with E-state index < -0.39 is 7.12 Å². The van der Waals surface area contributed by atoms with E-state index in [0.29, 0.717) is 5.75 Å². The predicted molar refractivity (Wildman–Crippen MR) is 73.2 cm³/mol. The number of hydrogen-bond donors (Lipinski definition) is 1. The molecule has 0 aromatic heterocycles. The highest BCUT2D eigenvalue weighted by Crippen LogP contribution is 2.37. The summed E-state index contributed by atoms with van der Waals surface area (Å²) < 4.78 is 12.0. The van der Waals surface area contributed by atoms with Gasteiger partial charge < -0.3 is 14.4 Å². The van der Waals surface area contributed by atoms with Crippen LogP contribution >= 0.6 is 0 Å². The maximum atomic E-state index is 9.90. The van der Waals surface area contributed by atoms with Gasteiger partial charge in [0.25, 0.3) is 0 Å². The summed E-state index contributed by atoms with van der Waals surface area (Å²) in [7, 11) is -0.406. The normalized spacial score (nSPS) is 21.3. The van der Waals surface area contributed by atoms with Crippen molar-refractivity contribution in [3.05, 3.63) is 23.8 Å². The molecule has 0 atom stereocenters. The molecule has 0 amide bonds. The average Bonchev–Trinajstić information content (AvgIpc) is 2.47. The first-order chi connectivity index (χ1) is 8.28. The molecule has 3 nitrogen and oxygen atoms in total. The fraction of sp³-hybridized carbons (Fsp3) is 0.571. The van der Waals surface area contributed by atoms with Crippen LogP contribution < -0.4 is 5.46 Å². The molecule has 0 spiro atoms. The zero-order chi connectivity index (χ0) is 13.6. The van der Waals surface area contributed by atoms with Gasteiger partial charge in [-0.3, -0.25) is 0 Å². The molecule has 0 saturated carbocycles. The minimum absolute atomic E-state index is 0.310. The van der Waals surface area contributed by atoms with Crippen LogP contribution in [0.3, 0.4) is 0 Å². The van der Waals surface area contributed by atoms with Crippen LogP contribution in [0.1, 0.15) is 40.2 Å². The van der Waals surface area contributed by atoms with E-state index in [9.17, 15) is 5.11 Å². The summed E-state index contributed by atoms with van der Waals surface area (Å²) in [5.74, 6) is 0.310. The molecule has 1 aromatic rings. The quantitative estimate of drug-likeness (QED) is 0.816. The zero-order valence-electron chi connectivity index (χ0n) is 11.8. The van der Waals surface area contributed by atoms with Gasteiger partial charge in [0.2, 0.25) is 0 Å². The number of benzene rings is 1. The Hall–Kier alpha value is -0.995. The largest absolute Gasteiger partial charge is 0.508 e. The Balaban J connectivity index is 2.38. The molecule has 2 rings (SSSR count).